The van der Waals surface area contributed by atoms with Crippen LogP contribution in [-0.4, -0.2) is 52.2 Å². The first-order valence-electron chi connectivity index (χ1n) is 10.5. The van der Waals surface area contributed by atoms with E-state index < -0.39 is 10.0 Å². The van der Waals surface area contributed by atoms with E-state index in [1.807, 2.05) is 29.0 Å². The molecule has 1 aromatic carbocycles. The number of carbonyl (C=O) groups is 1. The molecular weight excluding hydrogens is 466 g/mol. The monoisotopic (exact) mass is 491 g/mol. The van der Waals surface area contributed by atoms with E-state index in [1.165, 1.54) is 22.1 Å². The number of aromatic nitrogens is 3. The van der Waals surface area contributed by atoms with Crippen molar-refractivity contribution in [3.8, 4) is 10.7 Å². The van der Waals surface area contributed by atoms with Crippen molar-refractivity contribution in [1.29, 1.82) is 0 Å². The molecule has 1 saturated heterocycles. The number of hydrogen-bond acceptors (Lipinski definition) is 7. The van der Waals surface area contributed by atoms with Crippen molar-refractivity contribution in [3.63, 3.8) is 0 Å². The standard InChI is InChI=1S/C21H25N5O3S3/c1-2-26-20(18-10-7-13-30-18)23-24-21(26)31-15-19(27)22-16-8-6-9-17(14-16)32(28,29)25-11-4-3-5-12-25/h6-10,13-14H,2-5,11-12,15H2,1H3,(H,22,27). The molecule has 32 heavy (non-hydrogen) atoms. The van der Waals surface area contributed by atoms with Gasteiger partial charge in [0.15, 0.2) is 11.0 Å². The van der Waals surface area contributed by atoms with Gasteiger partial charge < -0.3 is 9.88 Å². The normalized spacial score (nSPS) is 15.0. The van der Waals surface area contributed by atoms with E-state index in [9.17, 15) is 13.2 Å². The first kappa shape index (κ1) is 23.0. The highest BCUT2D eigenvalue weighted by Gasteiger charge is 2.26. The van der Waals surface area contributed by atoms with Crippen molar-refractivity contribution in [2.75, 3.05) is 24.2 Å². The van der Waals surface area contributed by atoms with Gasteiger partial charge in [-0.1, -0.05) is 30.3 Å². The third-order valence-corrected chi connectivity index (χ3v) is 8.90. The van der Waals surface area contributed by atoms with E-state index in [0.29, 0.717) is 30.5 Å². The Morgan fingerprint density at radius 2 is 1.97 bits per heavy atom. The number of benzene rings is 1. The molecule has 0 spiro atoms. The summed E-state index contributed by atoms with van der Waals surface area (Å²) in [6.45, 7) is 3.79. The molecule has 0 radical (unpaired) electrons. The van der Waals surface area contributed by atoms with Gasteiger partial charge in [-0.05, 0) is 49.4 Å². The van der Waals surface area contributed by atoms with Crippen molar-refractivity contribution in [2.24, 2.45) is 0 Å². The van der Waals surface area contributed by atoms with E-state index >= 15 is 0 Å². The fourth-order valence-electron chi connectivity index (χ4n) is 3.58. The quantitative estimate of drug-likeness (QED) is 0.480. The fraction of sp³-hybridized carbons (Fsp3) is 0.381. The van der Waals surface area contributed by atoms with Crippen molar-refractivity contribution in [3.05, 3.63) is 41.8 Å². The minimum atomic E-state index is -3.55. The van der Waals surface area contributed by atoms with Crippen molar-refractivity contribution in [2.45, 2.75) is 42.8 Å². The van der Waals surface area contributed by atoms with Gasteiger partial charge in [0, 0.05) is 25.3 Å². The Balaban J connectivity index is 1.40. The molecule has 1 amide bonds. The van der Waals surface area contributed by atoms with Crippen LogP contribution < -0.4 is 5.32 Å². The van der Waals surface area contributed by atoms with Gasteiger partial charge >= 0.3 is 0 Å². The molecule has 1 aliphatic heterocycles. The molecule has 0 bridgehead atoms. The van der Waals surface area contributed by atoms with Crippen LogP contribution in [0, 0.1) is 0 Å². The van der Waals surface area contributed by atoms with Crippen molar-refractivity contribution < 1.29 is 13.2 Å². The summed E-state index contributed by atoms with van der Waals surface area (Å²) in [4.78, 5) is 13.8. The van der Waals surface area contributed by atoms with Gasteiger partial charge in [0.2, 0.25) is 15.9 Å². The zero-order valence-corrected chi connectivity index (χ0v) is 20.2. The van der Waals surface area contributed by atoms with Gasteiger partial charge in [0.1, 0.15) is 0 Å². The predicted octanol–water partition coefficient (Wildman–Crippen LogP) is 3.93. The third kappa shape index (κ3) is 5.06. The number of amides is 1. The van der Waals surface area contributed by atoms with Crippen LogP contribution in [0.2, 0.25) is 0 Å². The minimum Gasteiger partial charge on any atom is -0.325 e. The zero-order valence-electron chi connectivity index (χ0n) is 17.7. The maximum absolute atomic E-state index is 12.9. The number of thiophene rings is 1. The first-order chi connectivity index (χ1) is 15.5. The molecular formula is C21H25N5O3S3. The minimum absolute atomic E-state index is 0.145. The highest BCUT2D eigenvalue weighted by atomic mass is 32.2. The summed E-state index contributed by atoms with van der Waals surface area (Å²) in [6, 6.07) is 10.4. The Morgan fingerprint density at radius 1 is 1.16 bits per heavy atom. The number of nitrogens with zero attached hydrogens (tertiary/aromatic N) is 4. The smallest absolute Gasteiger partial charge is 0.243 e. The van der Waals surface area contributed by atoms with Gasteiger partial charge in [-0.2, -0.15) is 4.31 Å². The van der Waals surface area contributed by atoms with E-state index in [1.54, 1.807) is 29.5 Å². The lowest BCUT2D eigenvalue weighted by molar-refractivity contribution is -0.113. The lowest BCUT2D eigenvalue weighted by atomic mass is 10.2. The number of piperidine rings is 1. The molecule has 0 atom stereocenters. The second-order valence-corrected chi connectivity index (χ2v) is 11.2. The molecule has 8 nitrogen and oxygen atoms in total. The average molecular weight is 492 g/mol. The maximum Gasteiger partial charge on any atom is 0.243 e. The van der Waals surface area contributed by atoms with E-state index in [2.05, 4.69) is 15.5 Å². The summed E-state index contributed by atoms with van der Waals surface area (Å²) in [5.74, 6) is 0.706. The number of nitrogens with one attached hydrogen (secondary N) is 1. The second-order valence-electron chi connectivity index (χ2n) is 7.36. The first-order valence-corrected chi connectivity index (χ1v) is 13.8. The van der Waals surface area contributed by atoms with Crippen LogP contribution in [0.15, 0.2) is 51.8 Å². The number of sulfonamides is 1. The molecule has 11 heteroatoms. The average Bonchev–Trinajstić information content (AvgIpc) is 3.48. The van der Waals surface area contributed by atoms with Gasteiger partial charge in [-0.15, -0.1) is 21.5 Å². The molecule has 3 aromatic rings. The lowest BCUT2D eigenvalue weighted by Crippen LogP contribution is -2.35. The van der Waals surface area contributed by atoms with Crippen LogP contribution in [0.25, 0.3) is 10.7 Å². The molecule has 0 aliphatic carbocycles. The summed E-state index contributed by atoms with van der Waals surface area (Å²) in [5, 5.41) is 14.0. The van der Waals surface area contributed by atoms with Gasteiger partial charge in [-0.3, -0.25) is 4.79 Å². The molecule has 4 rings (SSSR count). The lowest BCUT2D eigenvalue weighted by Gasteiger charge is -2.26. The SMILES string of the molecule is CCn1c(SCC(=O)Nc2cccc(S(=O)(=O)N3CCCCC3)c2)nnc1-c1cccs1. The van der Waals surface area contributed by atoms with E-state index in [4.69, 9.17) is 0 Å². The number of thioether (sulfide) groups is 1. The molecule has 1 aliphatic rings. The summed E-state index contributed by atoms with van der Waals surface area (Å²) >= 11 is 2.90. The van der Waals surface area contributed by atoms with Crippen molar-refractivity contribution >= 4 is 44.7 Å². The number of rotatable bonds is 8. The Kier molecular flexibility index (Phi) is 7.29. The van der Waals surface area contributed by atoms with Crippen LogP contribution in [0.1, 0.15) is 26.2 Å². The Morgan fingerprint density at radius 3 is 2.69 bits per heavy atom. The predicted molar refractivity (Wildman–Crippen MR) is 127 cm³/mol. The van der Waals surface area contributed by atoms with E-state index in [-0.39, 0.29) is 16.6 Å². The van der Waals surface area contributed by atoms with Gasteiger partial charge in [0.25, 0.3) is 0 Å². The Bertz CT molecular complexity index is 1170. The zero-order chi connectivity index (χ0) is 22.6. The molecule has 170 valence electrons. The van der Waals surface area contributed by atoms with Gasteiger partial charge in [-0.25, -0.2) is 8.42 Å². The van der Waals surface area contributed by atoms with Crippen molar-refractivity contribution in [1.82, 2.24) is 19.1 Å². The Hall–Kier alpha value is -2.21. The van der Waals surface area contributed by atoms with Gasteiger partial charge in [0.05, 0.1) is 15.5 Å². The summed E-state index contributed by atoms with van der Waals surface area (Å²) < 4.78 is 29.3. The number of hydrogen-bond donors (Lipinski definition) is 1. The molecule has 0 saturated carbocycles. The molecule has 1 N–H and O–H groups in total. The molecule has 2 aromatic heterocycles. The Labute approximate surface area is 196 Å². The van der Waals surface area contributed by atoms with E-state index in [0.717, 1.165) is 30.0 Å². The molecule has 1 fully saturated rings. The fourth-order valence-corrected chi connectivity index (χ4v) is 6.67. The summed E-state index contributed by atoms with van der Waals surface area (Å²) in [6.07, 6.45) is 2.81. The summed E-state index contributed by atoms with van der Waals surface area (Å²) in [5.41, 5.74) is 0.463. The van der Waals surface area contributed by atoms with Crippen LogP contribution >= 0.6 is 23.1 Å². The van der Waals surface area contributed by atoms with Crippen LogP contribution in [0.3, 0.4) is 0 Å². The topological polar surface area (TPSA) is 97.2 Å². The molecule has 3 heterocycles. The number of anilines is 1. The highest BCUT2D eigenvalue weighted by molar-refractivity contribution is 7.99. The highest BCUT2D eigenvalue weighted by Crippen LogP contribution is 2.27. The third-order valence-electron chi connectivity index (χ3n) is 5.18. The van der Waals surface area contributed by atoms with Crippen LogP contribution in [0.5, 0.6) is 0 Å². The largest absolute Gasteiger partial charge is 0.325 e. The summed E-state index contributed by atoms with van der Waals surface area (Å²) in [7, 11) is -3.55. The van der Waals surface area contributed by atoms with Crippen LogP contribution in [-0.2, 0) is 21.4 Å². The molecule has 0 unspecified atom stereocenters. The van der Waals surface area contributed by atoms with Crippen LogP contribution in [0.4, 0.5) is 5.69 Å². The maximum atomic E-state index is 12.9. The second kappa shape index (κ2) is 10.2. The number of carbonyl (C=O) groups excluding carboxylic acids is 1.